The van der Waals surface area contributed by atoms with Crippen molar-refractivity contribution >= 4 is 0 Å². The van der Waals surface area contributed by atoms with Gasteiger partial charge >= 0.3 is 0 Å². The highest BCUT2D eigenvalue weighted by Crippen LogP contribution is 2.37. The Morgan fingerprint density at radius 3 is 2.22 bits per heavy atom. The quantitative estimate of drug-likeness (QED) is 0.884. The van der Waals surface area contributed by atoms with Gasteiger partial charge in [0.15, 0.2) is 0 Å². The summed E-state index contributed by atoms with van der Waals surface area (Å²) in [7, 11) is 2.30. The predicted molar refractivity (Wildman–Crippen MR) is 75.7 cm³/mol. The minimum Gasteiger partial charge on any atom is -0.329 e. The van der Waals surface area contributed by atoms with Crippen LogP contribution in [0.4, 0.5) is 0 Å². The molecule has 0 radical (unpaired) electrons. The first kappa shape index (κ1) is 12.2. The lowest BCUT2D eigenvalue weighted by atomic mass is 9.91. The van der Waals surface area contributed by atoms with Crippen LogP contribution in [0.25, 0.3) is 0 Å². The molecule has 3 rings (SSSR count). The summed E-state index contributed by atoms with van der Waals surface area (Å²) in [6, 6.07) is 9.61. The van der Waals surface area contributed by atoms with Gasteiger partial charge in [0.2, 0.25) is 0 Å². The molecule has 1 fully saturated rings. The molecule has 0 heterocycles. The summed E-state index contributed by atoms with van der Waals surface area (Å²) in [5.74, 6) is 0. The number of rotatable bonds is 3. The second-order valence-corrected chi connectivity index (χ2v) is 6.10. The zero-order valence-corrected chi connectivity index (χ0v) is 11.4. The number of nitrogens with zero attached hydrogens (tertiary/aromatic N) is 1. The Bertz CT molecular complexity index is 396. The van der Waals surface area contributed by atoms with Crippen LogP contribution in [0.5, 0.6) is 0 Å². The molecule has 0 unspecified atom stereocenters. The standard InChI is InChI=1S/C16H24N2/c1-18(15-8-4-5-9-15)16(12-17)10-13-6-2-3-7-14(13)11-16/h2-3,6-7,15H,4-5,8-12,17H2,1H3. The van der Waals surface area contributed by atoms with Gasteiger partial charge in [-0.05, 0) is 43.9 Å². The summed E-state index contributed by atoms with van der Waals surface area (Å²) in [6.45, 7) is 0.773. The van der Waals surface area contributed by atoms with Crippen LogP contribution >= 0.6 is 0 Å². The maximum absolute atomic E-state index is 6.18. The first-order valence-corrected chi connectivity index (χ1v) is 7.25. The second-order valence-electron chi connectivity index (χ2n) is 6.10. The normalized spacial score (nSPS) is 22.6. The van der Waals surface area contributed by atoms with Crippen LogP contribution in [0.15, 0.2) is 24.3 Å². The number of nitrogens with two attached hydrogens (primary N) is 1. The molecule has 0 aromatic heterocycles. The molecule has 2 aliphatic carbocycles. The van der Waals surface area contributed by atoms with E-state index in [1.165, 1.54) is 36.8 Å². The lowest BCUT2D eigenvalue weighted by Gasteiger charge is -2.42. The smallest absolute Gasteiger partial charge is 0.0412 e. The molecule has 1 aromatic rings. The molecule has 1 aromatic carbocycles. The molecular formula is C16H24N2. The summed E-state index contributed by atoms with van der Waals surface area (Å²) in [5.41, 5.74) is 9.37. The first-order chi connectivity index (χ1) is 8.75. The Kier molecular flexibility index (Phi) is 3.16. The van der Waals surface area contributed by atoms with Crippen molar-refractivity contribution in [2.24, 2.45) is 5.73 Å². The van der Waals surface area contributed by atoms with Crippen molar-refractivity contribution in [2.45, 2.75) is 50.1 Å². The van der Waals surface area contributed by atoms with Crippen LogP contribution in [-0.2, 0) is 12.8 Å². The number of benzene rings is 1. The van der Waals surface area contributed by atoms with Crippen LogP contribution < -0.4 is 5.73 Å². The van der Waals surface area contributed by atoms with E-state index in [9.17, 15) is 0 Å². The van der Waals surface area contributed by atoms with Gasteiger partial charge in [0, 0.05) is 18.1 Å². The van der Waals surface area contributed by atoms with E-state index in [1.807, 2.05) is 0 Å². The van der Waals surface area contributed by atoms with Crippen LogP contribution in [0.1, 0.15) is 36.8 Å². The lowest BCUT2D eigenvalue weighted by Crippen LogP contribution is -2.56. The van der Waals surface area contributed by atoms with Crippen LogP contribution in [0.2, 0.25) is 0 Å². The Morgan fingerprint density at radius 2 is 1.72 bits per heavy atom. The third-order valence-electron chi connectivity index (χ3n) is 5.16. The van der Waals surface area contributed by atoms with Crippen molar-refractivity contribution in [3.05, 3.63) is 35.4 Å². The molecule has 18 heavy (non-hydrogen) atoms. The average Bonchev–Trinajstić information content (AvgIpc) is 3.05. The molecule has 0 aliphatic heterocycles. The molecule has 2 aliphatic rings. The van der Waals surface area contributed by atoms with Gasteiger partial charge in [0.25, 0.3) is 0 Å². The van der Waals surface area contributed by atoms with Crippen molar-refractivity contribution in [1.29, 1.82) is 0 Å². The fourth-order valence-corrected chi connectivity index (χ4v) is 3.89. The van der Waals surface area contributed by atoms with E-state index in [0.717, 1.165) is 25.4 Å². The molecule has 0 amide bonds. The zero-order valence-electron chi connectivity index (χ0n) is 11.4. The second kappa shape index (κ2) is 4.67. The number of likely N-dealkylation sites (N-methyl/N-ethyl adjacent to an activating group) is 1. The maximum atomic E-state index is 6.18. The van der Waals surface area contributed by atoms with Crippen molar-refractivity contribution in [2.75, 3.05) is 13.6 Å². The van der Waals surface area contributed by atoms with Crippen molar-refractivity contribution < 1.29 is 0 Å². The van der Waals surface area contributed by atoms with E-state index in [-0.39, 0.29) is 5.54 Å². The minimum absolute atomic E-state index is 0.179. The summed E-state index contributed by atoms with van der Waals surface area (Å²) < 4.78 is 0. The lowest BCUT2D eigenvalue weighted by molar-refractivity contribution is 0.0871. The van der Waals surface area contributed by atoms with E-state index >= 15 is 0 Å². The molecule has 0 bridgehead atoms. The first-order valence-electron chi connectivity index (χ1n) is 7.25. The zero-order chi connectivity index (χ0) is 12.6. The monoisotopic (exact) mass is 244 g/mol. The fraction of sp³-hybridized carbons (Fsp3) is 0.625. The molecule has 2 heteroatoms. The van der Waals surface area contributed by atoms with Gasteiger partial charge in [-0.15, -0.1) is 0 Å². The van der Waals surface area contributed by atoms with Gasteiger partial charge < -0.3 is 5.73 Å². The third-order valence-corrected chi connectivity index (χ3v) is 5.16. The Labute approximate surface area is 110 Å². The SMILES string of the molecule is CN(C1CCCC1)C1(CN)Cc2ccccc2C1. The van der Waals surface area contributed by atoms with Gasteiger partial charge in [0.05, 0.1) is 0 Å². The molecule has 0 spiro atoms. The summed E-state index contributed by atoms with van der Waals surface area (Å²) in [4.78, 5) is 2.61. The van der Waals surface area contributed by atoms with E-state index < -0.39 is 0 Å². The molecule has 98 valence electrons. The molecule has 2 nitrogen and oxygen atoms in total. The molecule has 0 saturated heterocycles. The highest BCUT2D eigenvalue weighted by Gasteiger charge is 2.42. The Balaban J connectivity index is 1.84. The number of hydrogen-bond donors (Lipinski definition) is 1. The highest BCUT2D eigenvalue weighted by molar-refractivity contribution is 5.36. The van der Waals surface area contributed by atoms with Gasteiger partial charge in [0.1, 0.15) is 0 Å². The van der Waals surface area contributed by atoms with Crippen LogP contribution in [0.3, 0.4) is 0 Å². The van der Waals surface area contributed by atoms with E-state index in [0.29, 0.717) is 0 Å². The topological polar surface area (TPSA) is 29.3 Å². The van der Waals surface area contributed by atoms with Crippen molar-refractivity contribution in [3.63, 3.8) is 0 Å². The van der Waals surface area contributed by atoms with Gasteiger partial charge in [-0.1, -0.05) is 37.1 Å². The fourth-order valence-electron chi connectivity index (χ4n) is 3.89. The molecule has 1 saturated carbocycles. The summed E-state index contributed by atoms with van der Waals surface area (Å²) in [6.07, 6.45) is 7.76. The highest BCUT2D eigenvalue weighted by atomic mass is 15.2. The average molecular weight is 244 g/mol. The molecular weight excluding hydrogens is 220 g/mol. The van der Waals surface area contributed by atoms with Crippen LogP contribution in [0, 0.1) is 0 Å². The number of hydrogen-bond acceptors (Lipinski definition) is 2. The molecule has 0 atom stereocenters. The predicted octanol–water partition coefficient (Wildman–Crippen LogP) is 2.36. The summed E-state index contributed by atoms with van der Waals surface area (Å²) >= 11 is 0. The summed E-state index contributed by atoms with van der Waals surface area (Å²) in [5, 5.41) is 0. The van der Waals surface area contributed by atoms with Gasteiger partial charge in [-0.2, -0.15) is 0 Å². The van der Waals surface area contributed by atoms with Crippen LogP contribution in [-0.4, -0.2) is 30.1 Å². The van der Waals surface area contributed by atoms with Gasteiger partial charge in [-0.3, -0.25) is 4.90 Å². The largest absolute Gasteiger partial charge is 0.329 e. The molecule has 2 N–H and O–H groups in total. The van der Waals surface area contributed by atoms with E-state index in [1.54, 1.807) is 0 Å². The Hall–Kier alpha value is -0.860. The van der Waals surface area contributed by atoms with E-state index in [2.05, 4.69) is 36.2 Å². The van der Waals surface area contributed by atoms with E-state index in [4.69, 9.17) is 5.73 Å². The van der Waals surface area contributed by atoms with Crippen molar-refractivity contribution in [3.8, 4) is 0 Å². The van der Waals surface area contributed by atoms with Crippen molar-refractivity contribution in [1.82, 2.24) is 4.90 Å². The third kappa shape index (κ3) is 1.88. The minimum atomic E-state index is 0.179. The Morgan fingerprint density at radius 1 is 1.17 bits per heavy atom. The van der Waals surface area contributed by atoms with Gasteiger partial charge in [-0.25, -0.2) is 0 Å². The number of fused-ring (bicyclic) bond motifs is 1. The maximum Gasteiger partial charge on any atom is 0.0412 e.